The van der Waals surface area contributed by atoms with Crippen LogP contribution in [0.15, 0.2) is 40.9 Å². The molecular weight excluding hydrogens is 485 g/mol. The van der Waals surface area contributed by atoms with Gasteiger partial charge in [0, 0.05) is 37.7 Å². The summed E-state index contributed by atoms with van der Waals surface area (Å²) in [5.74, 6) is -3.78. The average molecular weight is 520 g/mol. The summed E-state index contributed by atoms with van der Waals surface area (Å²) in [6, 6.07) is 10.1. The normalized spacial score (nSPS) is 19.0. The first-order valence-electron chi connectivity index (χ1n) is 12.1. The lowest BCUT2D eigenvalue weighted by Crippen LogP contribution is -2.50. The van der Waals surface area contributed by atoms with Crippen molar-refractivity contribution in [1.82, 2.24) is 15.4 Å². The van der Waals surface area contributed by atoms with E-state index in [2.05, 4.69) is 10.5 Å². The molecule has 2 unspecified atom stereocenters. The molecule has 36 heavy (non-hydrogen) atoms. The maximum absolute atomic E-state index is 13.5. The summed E-state index contributed by atoms with van der Waals surface area (Å²) < 4.78 is 18.8. The molecule has 1 aromatic carbocycles. The Labute approximate surface area is 210 Å². The second-order valence-electron chi connectivity index (χ2n) is 9.76. The van der Waals surface area contributed by atoms with Gasteiger partial charge in [0.25, 0.3) is 0 Å². The van der Waals surface area contributed by atoms with Crippen LogP contribution in [0.5, 0.6) is 0 Å². The van der Waals surface area contributed by atoms with Crippen LogP contribution in [0.1, 0.15) is 45.8 Å². The van der Waals surface area contributed by atoms with Gasteiger partial charge in [0.15, 0.2) is 0 Å². The third-order valence-corrected chi connectivity index (χ3v) is 8.69. The Kier molecular flexibility index (Phi) is 9.08. The molecule has 1 saturated heterocycles. The highest BCUT2D eigenvalue weighted by atomic mass is 31.2. The van der Waals surface area contributed by atoms with Crippen molar-refractivity contribution in [1.29, 1.82) is 0 Å². The highest BCUT2D eigenvalue weighted by Gasteiger charge is 2.45. The molecule has 1 aliphatic heterocycles. The van der Waals surface area contributed by atoms with Crippen LogP contribution in [0.2, 0.25) is 0 Å². The summed E-state index contributed by atoms with van der Waals surface area (Å²) in [5.41, 5.74) is 1.35. The molecule has 11 heteroatoms. The summed E-state index contributed by atoms with van der Waals surface area (Å²) >= 11 is 0. The predicted molar refractivity (Wildman–Crippen MR) is 133 cm³/mol. The van der Waals surface area contributed by atoms with Gasteiger partial charge in [-0.15, -0.1) is 0 Å². The standard InChI is InChI=1S/C25H34N3O7P/c1-16(2)12-22(26-17(3)29)24(30)28-11-7-10-23(28)36(33,34)15-19(25(31)32)13-20-14-21(27-35-20)18-8-5-4-6-9-18/h4-6,8-9,14,16,19,22-23H,7,10-13,15H2,1-3H3,(H,26,29)(H,31,32)(H,33,34)/t19?,22-,23-/m0/s1. The molecule has 0 spiro atoms. The summed E-state index contributed by atoms with van der Waals surface area (Å²) in [6.07, 6.45) is 0.593. The van der Waals surface area contributed by atoms with Gasteiger partial charge >= 0.3 is 5.97 Å². The van der Waals surface area contributed by atoms with Crippen LogP contribution in [-0.2, 0) is 25.4 Å². The van der Waals surface area contributed by atoms with Crippen LogP contribution in [0, 0.1) is 11.8 Å². The van der Waals surface area contributed by atoms with Crippen molar-refractivity contribution < 1.29 is 33.5 Å². The van der Waals surface area contributed by atoms with E-state index in [1.165, 1.54) is 11.8 Å². The number of hydrogen-bond acceptors (Lipinski definition) is 6. The number of carboxylic acids is 1. The van der Waals surface area contributed by atoms with E-state index in [1.807, 2.05) is 44.2 Å². The maximum atomic E-state index is 13.5. The van der Waals surface area contributed by atoms with E-state index in [1.54, 1.807) is 6.07 Å². The van der Waals surface area contributed by atoms with E-state index < -0.39 is 43.1 Å². The van der Waals surface area contributed by atoms with Gasteiger partial charge in [-0.25, -0.2) is 0 Å². The zero-order valence-corrected chi connectivity index (χ0v) is 21.7. The molecule has 4 atom stereocenters. The van der Waals surface area contributed by atoms with Gasteiger partial charge in [0.2, 0.25) is 19.2 Å². The summed E-state index contributed by atoms with van der Waals surface area (Å²) in [6.45, 7) is 5.45. The average Bonchev–Trinajstić information content (AvgIpc) is 3.48. The van der Waals surface area contributed by atoms with E-state index in [4.69, 9.17) is 4.52 Å². The number of amides is 2. The summed E-state index contributed by atoms with van der Waals surface area (Å²) in [4.78, 5) is 49.3. The fraction of sp³-hybridized carbons (Fsp3) is 0.520. The lowest BCUT2D eigenvalue weighted by Gasteiger charge is -2.32. The molecule has 1 fully saturated rings. The van der Waals surface area contributed by atoms with E-state index in [0.717, 1.165) is 5.56 Å². The minimum atomic E-state index is -4.11. The minimum Gasteiger partial charge on any atom is -0.481 e. The molecule has 2 amide bonds. The smallest absolute Gasteiger partial charge is 0.307 e. The van der Waals surface area contributed by atoms with Gasteiger partial charge < -0.3 is 24.7 Å². The molecule has 1 aliphatic rings. The fourth-order valence-corrected chi connectivity index (χ4v) is 7.04. The number of nitrogens with one attached hydrogen (secondary N) is 1. The monoisotopic (exact) mass is 519 g/mol. The largest absolute Gasteiger partial charge is 0.481 e. The van der Waals surface area contributed by atoms with Gasteiger partial charge in [-0.3, -0.25) is 18.9 Å². The Morgan fingerprint density at radius 1 is 1.25 bits per heavy atom. The van der Waals surface area contributed by atoms with Crippen molar-refractivity contribution in [3.63, 3.8) is 0 Å². The van der Waals surface area contributed by atoms with Gasteiger partial charge in [-0.1, -0.05) is 49.3 Å². The highest BCUT2D eigenvalue weighted by molar-refractivity contribution is 7.58. The third-order valence-electron chi connectivity index (χ3n) is 6.26. The van der Waals surface area contributed by atoms with Gasteiger partial charge in [0.05, 0.1) is 5.92 Å². The Balaban J connectivity index is 1.75. The number of likely N-dealkylation sites (tertiary alicyclic amines) is 1. The Morgan fingerprint density at radius 3 is 2.56 bits per heavy atom. The molecule has 196 valence electrons. The number of carboxylic acid groups (broad SMARTS) is 1. The molecule has 1 aromatic heterocycles. The number of carbonyl (C=O) groups is 3. The van der Waals surface area contributed by atoms with Crippen LogP contribution < -0.4 is 5.32 Å². The van der Waals surface area contributed by atoms with E-state index in [9.17, 15) is 28.9 Å². The van der Waals surface area contributed by atoms with E-state index >= 15 is 0 Å². The number of aromatic nitrogens is 1. The van der Waals surface area contributed by atoms with Crippen molar-refractivity contribution in [2.45, 2.75) is 58.3 Å². The Morgan fingerprint density at radius 2 is 1.94 bits per heavy atom. The number of hydrogen-bond donors (Lipinski definition) is 3. The molecule has 10 nitrogen and oxygen atoms in total. The minimum absolute atomic E-state index is 0.109. The second-order valence-corrected chi connectivity index (χ2v) is 12.2. The first-order valence-corrected chi connectivity index (χ1v) is 14.0. The first-order chi connectivity index (χ1) is 17.0. The predicted octanol–water partition coefficient (Wildman–Crippen LogP) is 3.35. The molecule has 0 bridgehead atoms. The molecule has 2 heterocycles. The zero-order chi connectivity index (χ0) is 26.5. The topological polar surface area (TPSA) is 150 Å². The molecule has 3 rings (SSSR count). The number of aliphatic carboxylic acids is 1. The summed E-state index contributed by atoms with van der Waals surface area (Å²) in [5, 5.41) is 16.4. The van der Waals surface area contributed by atoms with Crippen molar-refractivity contribution in [3.8, 4) is 11.3 Å². The van der Waals surface area contributed by atoms with Crippen molar-refractivity contribution in [2.75, 3.05) is 12.7 Å². The molecule has 0 saturated carbocycles. The summed E-state index contributed by atoms with van der Waals surface area (Å²) in [7, 11) is -4.11. The van der Waals surface area contributed by atoms with E-state index in [-0.39, 0.29) is 24.8 Å². The van der Waals surface area contributed by atoms with Gasteiger partial charge in [0.1, 0.15) is 23.3 Å². The maximum Gasteiger partial charge on any atom is 0.307 e. The van der Waals surface area contributed by atoms with Crippen molar-refractivity contribution >= 4 is 25.2 Å². The molecule has 3 N–H and O–H groups in total. The zero-order valence-electron chi connectivity index (χ0n) is 20.8. The van der Waals surface area contributed by atoms with Crippen molar-refractivity contribution in [3.05, 3.63) is 42.2 Å². The van der Waals surface area contributed by atoms with Crippen LogP contribution in [0.3, 0.4) is 0 Å². The van der Waals surface area contributed by atoms with Crippen molar-refractivity contribution in [2.24, 2.45) is 11.8 Å². The number of benzene rings is 1. The van der Waals surface area contributed by atoms with Crippen LogP contribution in [0.25, 0.3) is 11.3 Å². The number of carbonyl (C=O) groups excluding carboxylic acids is 2. The quantitative estimate of drug-likeness (QED) is 0.383. The van der Waals surface area contributed by atoms with Crippen LogP contribution in [-0.4, -0.2) is 62.4 Å². The second kappa shape index (κ2) is 11.8. The Hall–Kier alpha value is -2.97. The van der Waals surface area contributed by atoms with Gasteiger partial charge in [-0.2, -0.15) is 0 Å². The van der Waals surface area contributed by atoms with E-state index in [0.29, 0.717) is 30.7 Å². The third kappa shape index (κ3) is 7.04. The van der Waals surface area contributed by atoms with Gasteiger partial charge in [-0.05, 0) is 25.2 Å². The lowest BCUT2D eigenvalue weighted by molar-refractivity contribution is -0.141. The molecular formula is C25H34N3O7P. The lowest BCUT2D eigenvalue weighted by atomic mass is 10.0. The first kappa shape index (κ1) is 27.6. The highest BCUT2D eigenvalue weighted by Crippen LogP contribution is 2.53. The fourth-order valence-electron chi connectivity index (χ4n) is 4.63. The molecule has 0 aliphatic carbocycles. The molecule has 2 aromatic rings. The van der Waals surface area contributed by atoms with Crippen LogP contribution in [0.4, 0.5) is 0 Å². The SMILES string of the molecule is CC(=O)N[C@@H](CC(C)C)C(=O)N1CCC[C@@H]1P(=O)(O)CC(Cc1cc(-c2ccccc2)no1)C(=O)O. The van der Waals surface area contributed by atoms with Crippen LogP contribution >= 0.6 is 7.37 Å². The molecule has 0 radical (unpaired) electrons. The number of rotatable bonds is 11. The number of nitrogens with zero attached hydrogens (tertiary/aromatic N) is 2. The Bertz CT molecular complexity index is 1120.